The summed E-state index contributed by atoms with van der Waals surface area (Å²) in [5.74, 6) is 0.975. The lowest BCUT2D eigenvalue weighted by Crippen LogP contribution is -2.42. The Balaban J connectivity index is 2.22. The number of aryl methyl sites for hydroxylation is 2. The summed E-state index contributed by atoms with van der Waals surface area (Å²) in [5.41, 5.74) is 9.94. The molecule has 2 unspecified atom stereocenters. The highest BCUT2D eigenvalue weighted by atomic mass is 16.5. The zero-order valence-electron chi connectivity index (χ0n) is 11.6. The molecule has 0 spiro atoms. The molecule has 3 nitrogen and oxygen atoms in total. The molecule has 1 fully saturated rings. The van der Waals surface area contributed by atoms with Crippen LogP contribution in [0.1, 0.15) is 42.0 Å². The summed E-state index contributed by atoms with van der Waals surface area (Å²) in [4.78, 5) is 0. The van der Waals surface area contributed by atoms with Crippen molar-refractivity contribution in [2.24, 2.45) is 5.73 Å². The first-order valence-corrected chi connectivity index (χ1v) is 6.77. The highest BCUT2D eigenvalue weighted by Gasteiger charge is 2.22. The Kier molecular flexibility index (Phi) is 4.25. The van der Waals surface area contributed by atoms with Crippen LogP contribution in [-0.2, 0) is 0 Å². The minimum absolute atomic E-state index is 0.0774. The van der Waals surface area contributed by atoms with E-state index in [0.29, 0.717) is 6.04 Å². The molecule has 1 aromatic rings. The molecule has 0 saturated carbocycles. The number of nitrogens with two attached hydrogens (primary N) is 1. The molecule has 2 atom stereocenters. The number of hydrogen-bond acceptors (Lipinski definition) is 3. The second-order valence-corrected chi connectivity index (χ2v) is 5.27. The van der Waals surface area contributed by atoms with Crippen molar-refractivity contribution in [1.82, 2.24) is 5.32 Å². The maximum absolute atomic E-state index is 6.40. The molecule has 1 aliphatic heterocycles. The van der Waals surface area contributed by atoms with Crippen molar-refractivity contribution in [2.45, 2.75) is 45.2 Å². The Labute approximate surface area is 110 Å². The van der Waals surface area contributed by atoms with Gasteiger partial charge in [0, 0.05) is 12.1 Å². The van der Waals surface area contributed by atoms with Crippen LogP contribution < -0.4 is 15.8 Å². The Hall–Kier alpha value is -1.06. The Bertz CT molecular complexity index is 388. The van der Waals surface area contributed by atoms with Gasteiger partial charge >= 0.3 is 0 Å². The molecule has 3 heteroatoms. The smallest absolute Gasteiger partial charge is 0.124 e. The van der Waals surface area contributed by atoms with E-state index in [0.717, 1.165) is 12.3 Å². The summed E-state index contributed by atoms with van der Waals surface area (Å²) in [5, 5.41) is 3.53. The van der Waals surface area contributed by atoms with E-state index in [1.807, 2.05) is 0 Å². The quantitative estimate of drug-likeness (QED) is 0.864. The van der Waals surface area contributed by atoms with Crippen molar-refractivity contribution < 1.29 is 4.74 Å². The molecule has 3 N–H and O–H groups in total. The lowest BCUT2D eigenvalue weighted by Gasteiger charge is -2.29. The number of rotatable bonds is 3. The molecule has 0 radical (unpaired) electrons. The number of benzene rings is 1. The standard InChI is InChI=1S/C15H24N2O/c1-10-8-12(9-11(2)15(10)18-3)14(16)13-6-4-5-7-17-13/h8-9,13-14,17H,4-7,16H2,1-3H3. The summed E-state index contributed by atoms with van der Waals surface area (Å²) >= 11 is 0. The average molecular weight is 248 g/mol. The molecule has 100 valence electrons. The van der Waals surface area contributed by atoms with Crippen LogP contribution in [0.5, 0.6) is 5.75 Å². The first-order chi connectivity index (χ1) is 8.63. The average Bonchev–Trinajstić information content (AvgIpc) is 2.38. The Morgan fingerprint density at radius 1 is 1.28 bits per heavy atom. The Morgan fingerprint density at radius 3 is 2.44 bits per heavy atom. The van der Waals surface area contributed by atoms with Gasteiger partial charge in [-0.05, 0) is 49.9 Å². The molecule has 2 rings (SSSR count). The van der Waals surface area contributed by atoms with Gasteiger partial charge in [0.15, 0.2) is 0 Å². The third-order valence-corrected chi connectivity index (χ3v) is 3.85. The SMILES string of the molecule is COc1c(C)cc(C(N)C2CCCCN2)cc1C. The molecular weight excluding hydrogens is 224 g/mol. The van der Waals surface area contributed by atoms with Crippen LogP contribution in [0.2, 0.25) is 0 Å². The van der Waals surface area contributed by atoms with E-state index in [2.05, 4.69) is 31.3 Å². The second kappa shape index (κ2) is 5.72. The van der Waals surface area contributed by atoms with Gasteiger partial charge in [0.25, 0.3) is 0 Å². The van der Waals surface area contributed by atoms with Gasteiger partial charge in [-0.25, -0.2) is 0 Å². The van der Waals surface area contributed by atoms with Gasteiger partial charge in [0.2, 0.25) is 0 Å². The summed E-state index contributed by atoms with van der Waals surface area (Å²) in [6, 6.07) is 4.80. The van der Waals surface area contributed by atoms with Crippen LogP contribution in [0, 0.1) is 13.8 Å². The van der Waals surface area contributed by atoms with Gasteiger partial charge in [-0.15, -0.1) is 0 Å². The van der Waals surface area contributed by atoms with Gasteiger partial charge in [-0.2, -0.15) is 0 Å². The molecule has 18 heavy (non-hydrogen) atoms. The van der Waals surface area contributed by atoms with Crippen LogP contribution in [0.25, 0.3) is 0 Å². The van der Waals surface area contributed by atoms with E-state index < -0.39 is 0 Å². The van der Waals surface area contributed by atoms with Crippen molar-refractivity contribution in [3.63, 3.8) is 0 Å². The maximum atomic E-state index is 6.40. The first kappa shape index (κ1) is 13.4. The minimum Gasteiger partial charge on any atom is -0.496 e. The predicted octanol–water partition coefficient (Wildman–Crippen LogP) is 2.45. The largest absolute Gasteiger partial charge is 0.496 e. The summed E-state index contributed by atoms with van der Waals surface area (Å²) < 4.78 is 5.40. The maximum Gasteiger partial charge on any atom is 0.124 e. The number of piperidine rings is 1. The van der Waals surface area contributed by atoms with E-state index in [1.165, 1.54) is 36.0 Å². The van der Waals surface area contributed by atoms with E-state index in [-0.39, 0.29) is 6.04 Å². The van der Waals surface area contributed by atoms with Crippen LogP contribution >= 0.6 is 0 Å². The summed E-state index contributed by atoms with van der Waals surface area (Å²) in [6.07, 6.45) is 3.72. The van der Waals surface area contributed by atoms with Crippen molar-refractivity contribution in [3.8, 4) is 5.75 Å². The van der Waals surface area contributed by atoms with E-state index in [4.69, 9.17) is 10.5 Å². The van der Waals surface area contributed by atoms with Gasteiger partial charge in [-0.1, -0.05) is 18.6 Å². The zero-order valence-corrected chi connectivity index (χ0v) is 11.6. The van der Waals surface area contributed by atoms with Crippen LogP contribution in [0.3, 0.4) is 0 Å². The van der Waals surface area contributed by atoms with E-state index >= 15 is 0 Å². The van der Waals surface area contributed by atoms with Crippen LogP contribution in [-0.4, -0.2) is 19.7 Å². The molecule has 1 saturated heterocycles. The fourth-order valence-corrected chi connectivity index (χ4v) is 2.92. The first-order valence-electron chi connectivity index (χ1n) is 6.77. The van der Waals surface area contributed by atoms with E-state index in [1.54, 1.807) is 7.11 Å². The molecule has 0 amide bonds. The predicted molar refractivity (Wildman–Crippen MR) is 75.0 cm³/mol. The fraction of sp³-hybridized carbons (Fsp3) is 0.600. The van der Waals surface area contributed by atoms with Crippen LogP contribution in [0.15, 0.2) is 12.1 Å². The third kappa shape index (κ3) is 2.68. The van der Waals surface area contributed by atoms with Crippen molar-refractivity contribution in [3.05, 3.63) is 28.8 Å². The van der Waals surface area contributed by atoms with Gasteiger partial charge in [0.1, 0.15) is 5.75 Å². The minimum atomic E-state index is 0.0774. The summed E-state index contributed by atoms with van der Waals surface area (Å²) in [7, 11) is 1.72. The molecule has 1 aromatic carbocycles. The molecule has 0 aliphatic carbocycles. The van der Waals surface area contributed by atoms with E-state index in [9.17, 15) is 0 Å². The monoisotopic (exact) mass is 248 g/mol. The van der Waals surface area contributed by atoms with Crippen molar-refractivity contribution in [1.29, 1.82) is 0 Å². The number of hydrogen-bond donors (Lipinski definition) is 2. The number of ether oxygens (including phenoxy) is 1. The highest BCUT2D eigenvalue weighted by molar-refractivity contribution is 5.44. The summed E-state index contributed by atoms with van der Waals surface area (Å²) in [6.45, 7) is 5.25. The molecule has 1 aliphatic rings. The number of nitrogens with one attached hydrogen (secondary N) is 1. The van der Waals surface area contributed by atoms with Gasteiger partial charge in [0.05, 0.1) is 7.11 Å². The lowest BCUT2D eigenvalue weighted by molar-refractivity contribution is 0.353. The molecule has 0 aromatic heterocycles. The number of methoxy groups -OCH3 is 1. The second-order valence-electron chi connectivity index (χ2n) is 5.27. The molecule has 1 heterocycles. The Morgan fingerprint density at radius 2 is 1.94 bits per heavy atom. The lowest BCUT2D eigenvalue weighted by atomic mass is 9.91. The molecular formula is C15H24N2O. The highest BCUT2D eigenvalue weighted by Crippen LogP contribution is 2.29. The topological polar surface area (TPSA) is 47.3 Å². The van der Waals surface area contributed by atoms with Gasteiger partial charge in [-0.3, -0.25) is 0 Å². The fourth-order valence-electron chi connectivity index (χ4n) is 2.92. The zero-order chi connectivity index (χ0) is 13.1. The van der Waals surface area contributed by atoms with Gasteiger partial charge < -0.3 is 15.8 Å². The third-order valence-electron chi connectivity index (χ3n) is 3.85. The van der Waals surface area contributed by atoms with Crippen molar-refractivity contribution in [2.75, 3.05) is 13.7 Å². The van der Waals surface area contributed by atoms with Crippen LogP contribution in [0.4, 0.5) is 0 Å². The normalized spacial score (nSPS) is 21.7. The molecule has 0 bridgehead atoms. The van der Waals surface area contributed by atoms with Crippen molar-refractivity contribution >= 4 is 0 Å².